The van der Waals surface area contributed by atoms with Gasteiger partial charge in [0, 0.05) is 24.5 Å². The number of carbonyl (C=O) groups excluding carboxylic acids is 2. The van der Waals surface area contributed by atoms with Crippen LogP contribution in [-0.4, -0.2) is 35.9 Å². The third kappa shape index (κ3) is 6.86. The normalized spacial score (nSPS) is 11.4. The van der Waals surface area contributed by atoms with E-state index in [0.29, 0.717) is 30.3 Å². The molecule has 0 unspecified atom stereocenters. The van der Waals surface area contributed by atoms with E-state index < -0.39 is 6.04 Å². The Hall–Kier alpha value is -3.31. The summed E-state index contributed by atoms with van der Waals surface area (Å²) in [5, 5.41) is 3.41. The SMILES string of the molecule is CCNC(=O)[C@H](Cc1ccccc1)N(Cc1ccccc1)C(=O)COc1cccc(Cl)c1. The van der Waals surface area contributed by atoms with Crippen LogP contribution in [0.3, 0.4) is 0 Å². The lowest BCUT2D eigenvalue weighted by molar-refractivity contribution is -0.142. The van der Waals surface area contributed by atoms with Crippen LogP contribution in [0.1, 0.15) is 18.1 Å². The van der Waals surface area contributed by atoms with Gasteiger partial charge in [0.1, 0.15) is 11.8 Å². The van der Waals surface area contributed by atoms with Crippen LogP contribution in [0.25, 0.3) is 0 Å². The molecule has 3 aromatic rings. The molecule has 1 atom stereocenters. The van der Waals surface area contributed by atoms with E-state index in [1.165, 1.54) is 0 Å². The van der Waals surface area contributed by atoms with Gasteiger partial charge in [-0.25, -0.2) is 0 Å². The lowest BCUT2D eigenvalue weighted by Crippen LogP contribution is -2.51. The van der Waals surface area contributed by atoms with E-state index in [1.54, 1.807) is 29.2 Å². The average molecular weight is 451 g/mol. The fraction of sp³-hybridized carbons (Fsp3) is 0.231. The number of halogens is 1. The quantitative estimate of drug-likeness (QED) is 0.495. The molecule has 3 aromatic carbocycles. The molecule has 2 amide bonds. The molecular formula is C26H27ClN2O3. The van der Waals surface area contributed by atoms with Gasteiger partial charge in [0.15, 0.2) is 6.61 Å². The number of hydrogen-bond donors (Lipinski definition) is 1. The first-order valence-electron chi connectivity index (χ1n) is 10.6. The van der Waals surface area contributed by atoms with E-state index in [2.05, 4.69) is 5.32 Å². The van der Waals surface area contributed by atoms with Crippen LogP contribution in [0.2, 0.25) is 5.02 Å². The van der Waals surface area contributed by atoms with Crippen LogP contribution in [0, 0.1) is 0 Å². The van der Waals surface area contributed by atoms with Crippen LogP contribution in [0.4, 0.5) is 0 Å². The number of ether oxygens (including phenoxy) is 1. The lowest BCUT2D eigenvalue weighted by atomic mass is 10.0. The van der Waals surface area contributed by atoms with Gasteiger partial charge in [0.25, 0.3) is 5.91 Å². The van der Waals surface area contributed by atoms with Gasteiger partial charge in [-0.3, -0.25) is 9.59 Å². The molecule has 0 aromatic heterocycles. The smallest absolute Gasteiger partial charge is 0.261 e. The molecule has 1 N–H and O–H groups in total. The van der Waals surface area contributed by atoms with E-state index in [-0.39, 0.29) is 18.4 Å². The summed E-state index contributed by atoms with van der Waals surface area (Å²) in [6, 6.07) is 25.5. The van der Waals surface area contributed by atoms with Crippen molar-refractivity contribution in [2.75, 3.05) is 13.2 Å². The van der Waals surface area contributed by atoms with E-state index in [4.69, 9.17) is 16.3 Å². The third-order valence-electron chi connectivity index (χ3n) is 4.98. The fourth-order valence-corrected chi connectivity index (χ4v) is 3.59. The van der Waals surface area contributed by atoms with E-state index >= 15 is 0 Å². The molecule has 5 nitrogen and oxygen atoms in total. The maximum absolute atomic E-state index is 13.3. The van der Waals surface area contributed by atoms with Crippen LogP contribution in [0.5, 0.6) is 5.75 Å². The molecule has 32 heavy (non-hydrogen) atoms. The predicted octanol–water partition coefficient (Wildman–Crippen LogP) is 4.50. The number of nitrogens with one attached hydrogen (secondary N) is 1. The molecule has 0 aliphatic rings. The highest BCUT2D eigenvalue weighted by molar-refractivity contribution is 6.30. The minimum atomic E-state index is -0.673. The van der Waals surface area contributed by atoms with E-state index in [1.807, 2.05) is 67.6 Å². The Morgan fingerprint density at radius 3 is 2.22 bits per heavy atom. The molecule has 166 valence electrons. The zero-order chi connectivity index (χ0) is 22.8. The second-order valence-corrected chi connectivity index (χ2v) is 7.79. The Labute approximate surface area is 194 Å². The molecule has 0 bridgehead atoms. The van der Waals surface area contributed by atoms with Gasteiger partial charge < -0.3 is 15.0 Å². The largest absolute Gasteiger partial charge is 0.484 e. The van der Waals surface area contributed by atoms with E-state index in [0.717, 1.165) is 11.1 Å². The van der Waals surface area contributed by atoms with Crippen LogP contribution in [0.15, 0.2) is 84.9 Å². The Kier molecular flexibility index (Phi) is 8.70. The van der Waals surface area contributed by atoms with Gasteiger partial charge in [-0.2, -0.15) is 0 Å². The van der Waals surface area contributed by atoms with Crippen molar-refractivity contribution in [3.8, 4) is 5.75 Å². The highest BCUT2D eigenvalue weighted by Gasteiger charge is 2.30. The summed E-state index contributed by atoms with van der Waals surface area (Å²) in [5.74, 6) is 0.0348. The summed E-state index contributed by atoms with van der Waals surface area (Å²) < 4.78 is 5.70. The summed E-state index contributed by atoms with van der Waals surface area (Å²) in [5.41, 5.74) is 1.91. The van der Waals surface area contributed by atoms with Crippen molar-refractivity contribution in [3.05, 3.63) is 101 Å². The lowest BCUT2D eigenvalue weighted by Gasteiger charge is -2.31. The highest BCUT2D eigenvalue weighted by atomic mass is 35.5. The number of carbonyl (C=O) groups is 2. The predicted molar refractivity (Wildman–Crippen MR) is 127 cm³/mol. The molecule has 0 saturated heterocycles. The number of amides is 2. The monoisotopic (exact) mass is 450 g/mol. The van der Waals surface area contributed by atoms with Gasteiger partial charge in [-0.15, -0.1) is 0 Å². The Bertz CT molecular complexity index is 1010. The number of benzene rings is 3. The third-order valence-corrected chi connectivity index (χ3v) is 5.21. The summed E-state index contributed by atoms with van der Waals surface area (Å²) in [4.78, 5) is 28.0. The van der Waals surface area contributed by atoms with Crippen molar-refractivity contribution >= 4 is 23.4 Å². The molecule has 6 heteroatoms. The van der Waals surface area contributed by atoms with Crippen molar-refractivity contribution < 1.29 is 14.3 Å². The van der Waals surface area contributed by atoms with Crippen molar-refractivity contribution in [2.24, 2.45) is 0 Å². The van der Waals surface area contributed by atoms with Gasteiger partial charge >= 0.3 is 0 Å². The van der Waals surface area contributed by atoms with E-state index in [9.17, 15) is 9.59 Å². The first kappa shape index (κ1) is 23.4. The summed E-state index contributed by atoms with van der Waals surface area (Å²) in [6.45, 7) is 2.45. The molecule has 0 radical (unpaired) electrons. The zero-order valence-corrected chi connectivity index (χ0v) is 18.8. The number of hydrogen-bond acceptors (Lipinski definition) is 3. The molecule has 0 saturated carbocycles. The molecule has 0 aliphatic heterocycles. The summed E-state index contributed by atoms with van der Waals surface area (Å²) >= 11 is 6.02. The standard InChI is InChI=1S/C26H27ClN2O3/c1-2-28-26(31)24(16-20-10-5-3-6-11-20)29(18-21-12-7-4-8-13-21)25(30)19-32-23-15-9-14-22(27)17-23/h3-15,17,24H,2,16,18-19H2,1H3,(H,28,31)/t24-/m0/s1. The topological polar surface area (TPSA) is 58.6 Å². The molecule has 0 fully saturated rings. The molecule has 3 rings (SSSR count). The summed E-state index contributed by atoms with van der Waals surface area (Å²) in [6.07, 6.45) is 0.405. The van der Waals surface area contributed by atoms with Crippen LogP contribution in [-0.2, 0) is 22.6 Å². The maximum atomic E-state index is 13.3. The van der Waals surface area contributed by atoms with Crippen molar-refractivity contribution in [1.29, 1.82) is 0 Å². The average Bonchev–Trinajstić information content (AvgIpc) is 2.81. The Morgan fingerprint density at radius 2 is 1.59 bits per heavy atom. The molecule has 0 heterocycles. The minimum Gasteiger partial charge on any atom is -0.484 e. The number of rotatable bonds is 10. The van der Waals surface area contributed by atoms with Crippen molar-refractivity contribution in [1.82, 2.24) is 10.2 Å². The van der Waals surface area contributed by atoms with Crippen molar-refractivity contribution in [2.45, 2.75) is 25.9 Å². The van der Waals surface area contributed by atoms with Crippen LogP contribution < -0.4 is 10.1 Å². The molecular weight excluding hydrogens is 424 g/mol. The second-order valence-electron chi connectivity index (χ2n) is 7.35. The van der Waals surface area contributed by atoms with Gasteiger partial charge in [-0.05, 0) is 36.2 Å². The van der Waals surface area contributed by atoms with Gasteiger partial charge in [0.05, 0.1) is 0 Å². The van der Waals surface area contributed by atoms with Crippen LogP contribution >= 0.6 is 11.6 Å². The number of likely N-dealkylation sites (N-methyl/N-ethyl adjacent to an activating group) is 1. The summed E-state index contributed by atoms with van der Waals surface area (Å²) in [7, 11) is 0. The Balaban J connectivity index is 1.86. The maximum Gasteiger partial charge on any atom is 0.261 e. The molecule has 0 aliphatic carbocycles. The van der Waals surface area contributed by atoms with Gasteiger partial charge in [-0.1, -0.05) is 78.3 Å². The second kappa shape index (κ2) is 11.9. The van der Waals surface area contributed by atoms with Crippen molar-refractivity contribution in [3.63, 3.8) is 0 Å². The fourth-order valence-electron chi connectivity index (χ4n) is 3.41. The zero-order valence-electron chi connectivity index (χ0n) is 18.0. The first-order valence-corrected chi connectivity index (χ1v) is 11.0. The molecule has 0 spiro atoms. The minimum absolute atomic E-state index is 0.191. The van der Waals surface area contributed by atoms with Gasteiger partial charge in [0.2, 0.25) is 5.91 Å². The highest BCUT2D eigenvalue weighted by Crippen LogP contribution is 2.19. The Morgan fingerprint density at radius 1 is 0.938 bits per heavy atom. The number of nitrogens with zero attached hydrogens (tertiary/aromatic N) is 1. The first-order chi connectivity index (χ1) is 15.6.